The highest BCUT2D eigenvalue weighted by Crippen LogP contribution is 2.29. The summed E-state index contributed by atoms with van der Waals surface area (Å²) in [5, 5.41) is 0. The molecule has 0 amide bonds. The molecule has 1 rings (SSSR count). The van der Waals surface area contributed by atoms with Crippen LogP contribution in [0, 0.1) is 30.9 Å². The van der Waals surface area contributed by atoms with Gasteiger partial charge in [0.1, 0.15) is 11.6 Å². The molecule has 0 saturated heterocycles. The highest BCUT2D eigenvalue weighted by atomic mass is 19.1. The van der Waals surface area contributed by atoms with Gasteiger partial charge in [-0.2, -0.15) is 0 Å². The van der Waals surface area contributed by atoms with Crippen molar-refractivity contribution in [1.82, 2.24) is 0 Å². The topological polar surface area (TPSA) is 0 Å². The molecule has 2 heteroatoms. The highest BCUT2D eigenvalue weighted by Gasteiger charge is 2.26. The Kier molecular flexibility index (Phi) is 2.62. The maximum absolute atomic E-state index is 13.6. The average molecular weight is 194 g/mol. The Morgan fingerprint density at radius 2 is 1.86 bits per heavy atom. The molecular weight excluding hydrogens is 182 g/mol. The van der Waals surface area contributed by atoms with Crippen molar-refractivity contribution in [3.05, 3.63) is 34.9 Å². The van der Waals surface area contributed by atoms with E-state index in [1.807, 2.05) is 0 Å². The van der Waals surface area contributed by atoms with E-state index in [2.05, 4.69) is 5.92 Å². The van der Waals surface area contributed by atoms with Gasteiger partial charge in [-0.3, -0.25) is 0 Å². The van der Waals surface area contributed by atoms with Gasteiger partial charge in [-0.05, 0) is 32.4 Å². The van der Waals surface area contributed by atoms with E-state index in [0.717, 1.165) is 0 Å². The molecule has 0 radical (unpaired) electrons. The Labute approximate surface area is 83.0 Å². The third-order valence-corrected chi connectivity index (χ3v) is 2.27. The largest absolute Gasteiger partial charge is 0.207 e. The fourth-order valence-corrected chi connectivity index (χ4v) is 1.30. The number of hydrogen-bond donors (Lipinski definition) is 0. The number of aryl methyl sites for hydroxylation is 1. The Morgan fingerprint density at radius 1 is 1.29 bits per heavy atom. The first-order valence-electron chi connectivity index (χ1n) is 4.33. The van der Waals surface area contributed by atoms with Gasteiger partial charge in [0.05, 0.1) is 5.41 Å². The van der Waals surface area contributed by atoms with Gasteiger partial charge in [0.2, 0.25) is 0 Å². The molecule has 0 N–H and O–H groups in total. The maximum atomic E-state index is 13.6. The van der Waals surface area contributed by atoms with Gasteiger partial charge >= 0.3 is 0 Å². The van der Waals surface area contributed by atoms with Crippen LogP contribution >= 0.6 is 0 Å². The fourth-order valence-electron chi connectivity index (χ4n) is 1.30. The molecule has 0 atom stereocenters. The summed E-state index contributed by atoms with van der Waals surface area (Å²) in [5.74, 6) is 1.25. The number of terminal acetylenes is 1. The van der Waals surface area contributed by atoms with Crippen LogP contribution in [0.15, 0.2) is 12.1 Å². The first-order valence-corrected chi connectivity index (χ1v) is 4.33. The second-order valence-corrected chi connectivity index (χ2v) is 3.82. The molecule has 0 aliphatic carbocycles. The molecule has 0 aliphatic rings. The third kappa shape index (κ3) is 1.63. The summed E-state index contributed by atoms with van der Waals surface area (Å²) in [6.45, 7) is 4.83. The van der Waals surface area contributed by atoms with E-state index in [1.54, 1.807) is 20.8 Å². The summed E-state index contributed by atoms with van der Waals surface area (Å²) in [5.41, 5.74) is -0.537. The molecule has 0 heterocycles. The second kappa shape index (κ2) is 3.42. The van der Waals surface area contributed by atoms with Crippen molar-refractivity contribution in [1.29, 1.82) is 0 Å². The van der Waals surface area contributed by atoms with Crippen LogP contribution in [0.25, 0.3) is 0 Å². The van der Waals surface area contributed by atoms with Crippen molar-refractivity contribution < 1.29 is 8.78 Å². The molecule has 0 aromatic heterocycles. The van der Waals surface area contributed by atoms with Crippen molar-refractivity contribution in [3.63, 3.8) is 0 Å². The average Bonchev–Trinajstić information content (AvgIpc) is 2.12. The third-order valence-electron chi connectivity index (χ3n) is 2.27. The zero-order valence-corrected chi connectivity index (χ0v) is 8.49. The van der Waals surface area contributed by atoms with E-state index in [9.17, 15) is 8.78 Å². The molecular formula is C12H12F2. The van der Waals surface area contributed by atoms with Gasteiger partial charge in [0, 0.05) is 5.56 Å². The quantitative estimate of drug-likeness (QED) is 0.602. The molecule has 1 aromatic carbocycles. The van der Waals surface area contributed by atoms with Crippen molar-refractivity contribution in [2.75, 3.05) is 0 Å². The lowest BCUT2D eigenvalue weighted by Crippen LogP contribution is -2.19. The van der Waals surface area contributed by atoms with Gasteiger partial charge in [0.25, 0.3) is 0 Å². The van der Waals surface area contributed by atoms with E-state index in [-0.39, 0.29) is 5.56 Å². The van der Waals surface area contributed by atoms with Crippen molar-refractivity contribution in [2.45, 2.75) is 26.2 Å². The van der Waals surface area contributed by atoms with E-state index >= 15 is 0 Å². The van der Waals surface area contributed by atoms with Crippen LogP contribution in [0.3, 0.4) is 0 Å². The van der Waals surface area contributed by atoms with Crippen molar-refractivity contribution in [3.8, 4) is 12.3 Å². The highest BCUT2D eigenvalue weighted by molar-refractivity contribution is 5.37. The molecule has 0 spiro atoms. The van der Waals surface area contributed by atoms with Gasteiger partial charge in [-0.25, -0.2) is 8.78 Å². The number of rotatable bonds is 1. The maximum Gasteiger partial charge on any atom is 0.133 e. The standard InChI is InChI=1S/C12H12F2/c1-5-12(3,4)10-9(13)7-6-8(2)11(10)14/h1,6-7H,2-4H3. The van der Waals surface area contributed by atoms with Crippen LogP contribution in [0.4, 0.5) is 8.78 Å². The Morgan fingerprint density at radius 3 is 2.36 bits per heavy atom. The Hall–Kier alpha value is -1.36. The van der Waals surface area contributed by atoms with Gasteiger partial charge < -0.3 is 0 Å². The number of halogens is 2. The van der Waals surface area contributed by atoms with Crippen LogP contribution in [0.1, 0.15) is 25.0 Å². The van der Waals surface area contributed by atoms with Crippen LogP contribution in [0.2, 0.25) is 0 Å². The minimum atomic E-state index is -0.916. The SMILES string of the molecule is C#CC(C)(C)c1c(F)ccc(C)c1F. The summed E-state index contributed by atoms with van der Waals surface area (Å²) in [4.78, 5) is 0. The molecule has 0 nitrogen and oxygen atoms in total. The Bertz CT molecular complexity index is 398. The molecule has 0 unspecified atom stereocenters. The minimum Gasteiger partial charge on any atom is -0.207 e. The lowest BCUT2D eigenvalue weighted by atomic mass is 9.84. The summed E-state index contributed by atoms with van der Waals surface area (Å²) in [6, 6.07) is 2.65. The second-order valence-electron chi connectivity index (χ2n) is 3.82. The zero-order chi connectivity index (χ0) is 10.9. The first kappa shape index (κ1) is 10.7. The lowest BCUT2D eigenvalue weighted by Gasteiger charge is -2.20. The molecule has 1 aromatic rings. The predicted molar refractivity (Wildman–Crippen MR) is 53.0 cm³/mol. The summed E-state index contributed by atoms with van der Waals surface area (Å²) < 4.78 is 27.0. The summed E-state index contributed by atoms with van der Waals surface area (Å²) >= 11 is 0. The zero-order valence-electron chi connectivity index (χ0n) is 8.49. The molecule has 0 fully saturated rings. The molecule has 74 valence electrons. The van der Waals surface area contributed by atoms with E-state index < -0.39 is 17.0 Å². The molecule has 0 bridgehead atoms. The normalized spacial score (nSPS) is 11.1. The van der Waals surface area contributed by atoms with Gasteiger partial charge in [0.15, 0.2) is 0 Å². The van der Waals surface area contributed by atoms with Crippen LogP contribution < -0.4 is 0 Å². The van der Waals surface area contributed by atoms with Gasteiger partial charge in [-0.15, -0.1) is 6.42 Å². The van der Waals surface area contributed by atoms with E-state index in [4.69, 9.17) is 6.42 Å². The van der Waals surface area contributed by atoms with Crippen LogP contribution in [-0.2, 0) is 5.41 Å². The summed E-state index contributed by atoms with van der Waals surface area (Å²) in [6.07, 6.45) is 5.24. The monoisotopic (exact) mass is 194 g/mol. The van der Waals surface area contributed by atoms with E-state index in [0.29, 0.717) is 5.56 Å². The first-order chi connectivity index (χ1) is 6.40. The van der Waals surface area contributed by atoms with E-state index in [1.165, 1.54) is 12.1 Å². The molecule has 0 saturated carbocycles. The predicted octanol–water partition coefficient (Wildman–Crippen LogP) is 3.18. The Balaban J connectivity index is 3.49. The molecule has 14 heavy (non-hydrogen) atoms. The van der Waals surface area contributed by atoms with Gasteiger partial charge in [-0.1, -0.05) is 12.0 Å². The molecule has 0 aliphatic heterocycles. The van der Waals surface area contributed by atoms with Crippen LogP contribution in [-0.4, -0.2) is 0 Å². The minimum absolute atomic E-state index is 0.0278. The fraction of sp³-hybridized carbons (Fsp3) is 0.333. The van der Waals surface area contributed by atoms with Crippen molar-refractivity contribution >= 4 is 0 Å². The smallest absolute Gasteiger partial charge is 0.133 e. The number of hydrogen-bond acceptors (Lipinski definition) is 0. The van der Waals surface area contributed by atoms with Crippen LogP contribution in [0.5, 0.6) is 0 Å². The summed E-state index contributed by atoms with van der Waals surface area (Å²) in [7, 11) is 0. The lowest BCUT2D eigenvalue weighted by molar-refractivity contribution is 0.507. The van der Waals surface area contributed by atoms with Crippen molar-refractivity contribution in [2.24, 2.45) is 0 Å². The number of benzene rings is 1.